The highest BCUT2D eigenvalue weighted by atomic mass is 79.9. The summed E-state index contributed by atoms with van der Waals surface area (Å²) in [5, 5.41) is 2.98. The molecular weight excluding hydrogens is 922 g/mol. The third-order valence-electron chi connectivity index (χ3n) is 9.06. The van der Waals surface area contributed by atoms with Gasteiger partial charge in [0.25, 0.3) is 0 Å². The fraction of sp³-hybridized carbons (Fsp3) is 0.292. The molecule has 0 radical (unpaired) electrons. The highest BCUT2D eigenvalue weighted by molar-refractivity contribution is 9.10. The summed E-state index contributed by atoms with van der Waals surface area (Å²) in [5.74, 6) is 1.17. The van der Waals surface area contributed by atoms with Crippen LogP contribution in [0, 0.1) is 0 Å². The minimum absolute atomic E-state index is 0.0876. The monoisotopic (exact) mass is 972 g/mol. The summed E-state index contributed by atoms with van der Waals surface area (Å²) >= 11 is 3.33. The fourth-order valence-electron chi connectivity index (χ4n) is 6.05. The van der Waals surface area contributed by atoms with Gasteiger partial charge in [0.05, 0.1) is 48.6 Å². The van der Waals surface area contributed by atoms with Crippen LogP contribution in [-0.4, -0.2) is 50.6 Å². The summed E-state index contributed by atoms with van der Waals surface area (Å²) in [6.07, 6.45) is -6.62. The lowest BCUT2D eigenvalue weighted by atomic mass is 9.98. The van der Waals surface area contributed by atoms with Crippen LogP contribution in [0.15, 0.2) is 126 Å². The van der Waals surface area contributed by atoms with Gasteiger partial charge in [-0.3, -0.25) is 9.97 Å². The molecule has 65 heavy (non-hydrogen) atoms. The van der Waals surface area contributed by atoms with Gasteiger partial charge in [-0.25, -0.2) is 0 Å². The van der Waals surface area contributed by atoms with E-state index in [0.717, 1.165) is 22.3 Å². The van der Waals surface area contributed by atoms with Crippen LogP contribution in [0.1, 0.15) is 62.8 Å². The molecule has 0 amide bonds. The Hall–Kier alpha value is -5.72. The molecule has 0 spiro atoms. The summed E-state index contributed by atoms with van der Waals surface area (Å²) in [4.78, 5) is 8.54. The standard InChI is InChI=1S/C24H25F3N2O3.C14H12F3NO.C10H14BrNO2/c1-4-31-23(32-5-2)22-13-9-18(15-28-22)29-17-8-12-20(21(14-17)24(25,26)27)16-6-10-19(30-3)11-7-16;1-19-11-5-2-9(3-6-11)12-7-4-10(18)8-13(12)14(15,16)17;1-3-13-10(14-4-2)9-6-5-8(11)7-12-9/h6-15,23,29H,4-5H2,1-3H3;2-8H,18H2,1H3;5-7,10H,3-4H2,1-2H3. The van der Waals surface area contributed by atoms with E-state index in [-0.39, 0.29) is 23.1 Å². The first-order valence-electron chi connectivity index (χ1n) is 20.3. The van der Waals surface area contributed by atoms with E-state index in [0.29, 0.717) is 66.1 Å². The van der Waals surface area contributed by atoms with Crippen molar-refractivity contribution in [1.29, 1.82) is 0 Å². The third-order valence-corrected chi connectivity index (χ3v) is 9.53. The van der Waals surface area contributed by atoms with Crippen molar-refractivity contribution in [3.63, 3.8) is 0 Å². The maximum Gasteiger partial charge on any atom is 0.417 e. The van der Waals surface area contributed by atoms with Gasteiger partial charge in [-0.05, 0) is 139 Å². The lowest BCUT2D eigenvalue weighted by molar-refractivity contribution is -0.142. The largest absolute Gasteiger partial charge is 0.497 e. The van der Waals surface area contributed by atoms with Gasteiger partial charge >= 0.3 is 12.4 Å². The molecule has 0 aliphatic heterocycles. The second-order valence-corrected chi connectivity index (χ2v) is 14.4. The molecule has 4 aromatic carbocycles. The van der Waals surface area contributed by atoms with Gasteiger partial charge in [-0.2, -0.15) is 26.3 Å². The van der Waals surface area contributed by atoms with Crippen molar-refractivity contribution >= 4 is 33.0 Å². The number of nitrogens with zero attached hydrogens (tertiary/aromatic N) is 2. The highest BCUT2D eigenvalue weighted by Gasteiger charge is 2.35. The van der Waals surface area contributed by atoms with Gasteiger partial charge in [0.1, 0.15) is 11.5 Å². The summed E-state index contributed by atoms with van der Waals surface area (Å²) in [7, 11) is 3.01. The molecule has 0 atom stereocenters. The predicted molar refractivity (Wildman–Crippen MR) is 243 cm³/mol. The average Bonchev–Trinajstić information content (AvgIpc) is 3.29. The van der Waals surface area contributed by atoms with Gasteiger partial charge in [-0.1, -0.05) is 36.4 Å². The maximum absolute atomic E-state index is 13.8. The first-order valence-corrected chi connectivity index (χ1v) is 21.1. The van der Waals surface area contributed by atoms with Crippen molar-refractivity contribution in [3.05, 3.63) is 149 Å². The zero-order valence-electron chi connectivity index (χ0n) is 36.6. The zero-order chi connectivity index (χ0) is 47.6. The van der Waals surface area contributed by atoms with Crippen LogP contribution in [0.4, 0.5) is 43.4 Å². The highest BCUT2D eigenvalue weighted by Crippen LogP contribution is 2.40. The number of methoxy groups -OCH3 is 2. The number of aromatic nitrogens is 2. The lowest BCUT2D eigenvalue weighted by Crippen LogP contribution is -2.10. The minimum atomic E-state index is -4.52. The predicted octanol–water partition coefficient (Wildman–Crippen LogP) is 13.5. The summed E-state index contributed by atoms with van der Waals surface area (Å²) in [5.41, 5.74) is 7.40. The molecular formula is C48H51BrF6N4O6. The number of nitrogens with two attached hydrogens (primary N) is 1. The van der Waals surface area contributed by atoms with Crippen molar-refractivity contribution < 1.29 is 54.8 Å². The van der Waals surface area contributed by atoms with Crippen LogP contribution in [-0.2, 0) is 31.3 Å². The first-order chi connectivity index (χ1) is 31.0. The van der Waals surface area contributed by atoms with E-state index in [1.54, 1.807) is 72.9 Å². The molecule has 17 heteroatoms. The van der Waals surface area contributed by atoms with E-state index >= 15 is 0 Å². The Balaban J connectivity index is 0.000000237. The summed E-state index contributed by atoms with van der Waals surface area (Å²) in [6, 6.07) is 28.0. The van der Waals surface area contributed by atoms with Crippen LogP contribution < -0.4 is 20.5 Å². The molecule has 0 saturated heterocycles. The first kappa shape index (κ1) is 51.9. The van der Waals surface area contributed by atoms with Crippen molar-refractivity contribution in [3.8, 4) is 33.8 Å². The molecule has 0 bridgehead atoms. The number of nitrogens with one attached hydrogen (secondary N) is 1. The number of pyridine rings is 2. The smallest absolute Gasteiger partial charge is 0.417 e. The Morgan fingerprint density at radius 2 is 0.954 bits per heavy atom. The van der Waals surface area contributed by atoms with Gasteiger partial charge in [0.15, 0.2) is 0 Å². The number of rotatable bonds is 16. The molecule has 348 valence electrons. The van der Waals surface area contributed by atoms with E-state index in [4.69, 9.17) is 34.2 Å². The van der Waals surface area contributed by atoms with Crippen molar-refractivity contribution in [1.82, 2.24) is 9.97 Å². The Labute approximate surface area is 383 Å². The quantitative estimate of drug-likeness (QED) is 0.0551. The SMILES string of the molecule is CCOC(OCC)c1ccc(Br)cn1.CCOC(OCC)c1ccc(Nc2ccc(-c3ccc(OC)cc3)c(C(F)(F)F)c2)cn1.COc1ccc(-c2ccc(N)cc2C(F)(F)F)cc1. The number of hydrogen-bond acceptors (Lipinski definition) is 10. The molecule has 6 rings (SSSR count). The number of nitrogen functional groups attached to an aromatic ring is 1. The number of anilines is 3. The van der Waals surface area contributed by atoms with Gasteiger partial charge < -0.3 is 39.5 Å². The minimum Gasteiger partial charge on any atom is -0.497 e. The average molecular weight is 974 g/mol. The second-order valence-electron chi connectivity index (χ2n) is 13.5. The normalized spacial score (nSPS) is 11.4. The summed E-state index contributed by atoms with van der Waals surface area (Å²) < 4.78 is 113. The molecule has 0 unspecified atom stereocenters. The summed E-state index contributed by atoms with van der Waals surface area (Å²) in [6.45, 7) is 9.74. The van der Waals surface area contributed by atoms with Crippen LogP contribution >= 0.6 is 15.9 Å². The Bertz CT molecular complexity index is 2320. The number of ether oxygens (including phenoxy) is 6. The van der Waals surface area contributed by atoms with E-state index in [1.807, 2.05) is 39.8 Å². The number of alkyl halides is 6. The third kappa shape index (κ3) is 15.7. The maximum atomic E-state index is 13.8. The van der Waals surface area contributed by atoms with Gasteiger partial charge in [0, 0.05) is 48.5 Å². The van der Waals surface area contributed by atoms with Crippen molar-refractivity contribution in [2.75, 3.05) is 51.7 Å². The molecule has 0 fully saturated rings. The fourth-order valence-corrected chi connectivity index (χ4v) is 6.29. The number of hydrogen-bond donors (Lipinski definition) is 2. The topological polar surface area (TPSA) is 119 Å². The molecule has 0 aliphatic carbocycles. The van der Waals surface area contributed by atoms with E-state index in [1.165, 1.54) is 38.6 Å². The number of halogens is 7. The van der Waals surface area contributed by atoms with Crippen molar-refractivity contribution in [2.24, 2.45) is 0 Å². The van der Waals surface area contributed by atoms with Crippen LogP contribution in [0.3, 0.4) is 0 Å². The Kier molecular flexibility index (Phi) is 20.0. The van der Waals surface area contributed by atoms with Crippen LogP contribution in [0.2, 0.25) is 0 Å². The molecule has 3 N–H and O–H groups in total. The van der Waals surface area contributed by atoms with Crippen LogP contribution in [0.5, 0.6) is 11.5 Å². The van der Waals surface area contributed by atoms with E-state index in [2.05, 4.69) is 31.2 Å². The van der Waals surface area contributed by atoms with Gasteiger partial charge in [-0.15, -0.1) is 0 Å². The molecule has 6 aromatic rings. The number of benzene rings is 4. The molecule has 2 aromatic heterocycles. The molecule has 2 heterocycles. The zero-order valence-corrected chi connectivity index (χ0v) is 38.2. The molecule has 10 nitrogen and oxygen atoms in total. The molecule has 0 aliphatic rings. The second kappa shape index (κ2) is 25.1. The van der Waals surface area contributed by atoms with E-state index < -0.39 is 29.8 Å². The van der Waals surface area contributed by atoms with Crippen LogP contribution in [0.25, 0.3) is 22.3 Å². The lowest BCUT2D eigenvalue weighted by Gasteiger charge is -2.17. The van der Waals surface area contributed by atoms with Crippen molar-refractivity contribution in [2.45, 2.75) is 52.6 Å². The Morgan fingerprint density at radius 1 is 0.538 bits per heavy atom. The Morgan fingerprint density at radius 3 is 1.34 bits per heavy atom. The van der Waals surface area contributed by atoms with E-state index in [9.17, 15) is 26.3 Å². The van der Waals surface area contributed by atoms with Gasteiger partial charge in [0.2, 0.25) is 12.6 Å². The molecule has 0 saturated carbocycles.